The van der Waals surface area contributed by atoms with Crippen LogP contribution >= 0.6 is 0 Å². The summed E-state index contributed by atoms with van der Waals surface area (Å²) in [7, 11) is 0. The van der Waals surface area contributed by atoms with Gasteiger partial charge in [0.1, 0.15) is 6.10 Å². The van der Waals surface area contributed by atoms with Gasteiger partial charge >= 0.3 is 0 Å². The smallest absolute Gasteiger partial charge is 0.100 e. The third-order valence-corrected chi connectivity index (χ3v) is 3.34. The highest BCUT2D eigenvalue weighted by molar-refractivity contribution is 4.96. The van der Waals surface area contributed by atoms with E-state index >= 15 is 0 Å². The molecule has 3 N–H and O–H groups in total. The number of rotatable bonds is 4. The van der Waals surface area contributed by atoms with Crippen molar-refractivity contribution < 1.29 is 20.2 Å². The Kier molecular flexibility index (Phi) is 4.54. The molecule has 1 atom stereocenters. The fourth-order valence-corrected chi connectivity index (χ4v) is 2.60. The number of hydrogen-bond acceptors (Lipinski definition) is 5. The van der Waals surface area contributed by atoms with E-state index in [0.717, 1.165) is 0 Å². The summed E-state index contributed by atoms with van der Waals surface area (Å²) in [6.07, 6.45) is 0.564. The molecule has 0 saturated carbocycles. The van der Waals surface area contributed by atoms with Crippen molar-refractivity contribution >= 4 is 0 Å². The summed E-state index contributed by atoms with van der Waals surface area (Å²) in [5.74, 6) is 0. The monoisotopic (exact) mass is 247 g/mol. The van der Waals surface area contributed by atoms with Crippen LogP contribution in [0.3, 0.4) is 0 Å². The second-order valence-corrected chi connectivity index (χ2v) is 6.14. The molecule has 0 amide bonds. The zero-order valence-electron chi connectivity index (χ0n) is 11.2. The normalized spacial score (nSPS) is 27.0. The van der Waals surface area contributed by atoms with Crippen molar-refractivity contribution in [3.05, 3.63) is 0 Å². The number of aliphatic hydroxyl groups is 2. The molecule has 1 rings (SSSR count). The second kappa shape index (κ2) is 5.20. The second-order valence-electron chi connectivity index (χ2n) is 6.14. The van der Waals surface area contributed by atoms with Crippen LogP contribution in [0.25, 0.3) is 0 Å². The number of hydrogen-bond donors (Lipinski definition) is 3. The number of ether oxygens (including phenoxy) is 1. The number of nitrogens with zero attached hydrogens (tertiary/aromatic N) is 1. The molecular weight excluding hydrogens is 222 g/mol. The molecule has 0 aromatic carbocycles. The minimum atomic E-state index is -0.826. The van der Waals surface area contributed by atoms with Gasteiger partial charge in [0.15, 0.2) is 0 Å². The van der Waals surface area contributed by atoms with Crippen molar-refractivity contribution in [1.82, 2.24) is 5.06 Å². The maximum Gasteiger partial charge on any atom is 0.100 e. The van der Waals surface area contributed by atoms with Gasteiger partial charge in [-0.05, 0) is 40.5 Å². The molecule has 0 aromatic heterocycles. The minimum absolute atomic E-state index is 0.00963. The molecule has 1 fully saturated rings. The van der Waals surface area contributed by atoms with E-state index in [1.807, 2.05) is 27.7 Å². The summed E-state index contributed by atoms with van der Waals surface area (Å²) in [5, 5.41) is 29.5. The summed E-state index contributed by atoms with van der Waals surface area (Å²) >= 11 is 0. The van der Waals surface area contributed by atoms with Crippen LogP contribution in [0, 0.1) is 0 Å². The van der Waals surface area contributed by atoms with E-state index in [0.29, 0.717) is 12.8 Å². The average Bonchev–Trinajstić information content (AvgIpc) is 2.21. The molecule has 5 nitrogen and oxygen atoms in total. The van der Waals surface area contributed by atoms with E-state index in [4.69, 9.17) is 9.84 Å². The topological polar surface area (TPSA) is 73.2 Å². The third kappa shape index (κ3) is 3.63. The lowest BCUT2D eigenvalue weighted by molar-refractivity contribution is -0.262. The van der Waals surface area contributed by atoms with Crippen LogP contribution in [0.15, 0.2) is 0 Å². The van der Waals surface area contributed by atoms with Gasteiger partial charge in [-0.15, -0.1) is 0 Å². The summed E-state index contributed by atoms with van der Waals surface area (Å²) in [6, 6.07) is 0. The molecule has 5 heteroatoms. The Labute approximate surface area is 103 Å². The Morgan fingerprint density at radius 3 is 2.12 bits per heavy atom. The van der Waals surface area contributed by atoms with Crippen LogP contribution < -0.4 is 0 Å². The predicted molar refractivity (Wildman–Crippen MR) is 63.9 cm³/mol. The highest BCUT2D eigenvalue weighted by atomic mass is 16.5. The molecule has 1 unspecified atom stereocenters. The van der Waals surface area contributed by atoms with Crippen LogP contribution in [0.4, 0.5) is 0 Å². The zero-order chi connectivity index (χ0) is 13.3. The van der Waals surface area contributed by atoms with Gasteiger partial charge in [-0.25, -0.2) is 0 Å². The first-order valence-corrected chi connectivity index (χ1v) is 6.09. The number of piperidine rings is 1. The van der Waals surface area contributed by atoms with Gasteiger partial charge < -0.3 is 20.2 Å². The van der Waals surface area contributed by atoms with E-state index in [9.17, 15) is 10.3 Å². The summed E-state index contributed by atoms with van der Waals surface area (Å²) < 4.78 is 5.61. The molecule has 0 spiro atoms. The average molecular weight is 247 g/mol. The molecular formula is C12H25NO4. The summed E-state index contributed by atoms with van der Waals surface area (Å²) in [4.78, 5) is 0. The van der Waals surface area contributed by atoms with Gasteiger partial charge in [-0.3, -0.25) is 0 Å². The van der Waals surface area contributed by atoms with Crippen molar-refractivity contribution in [2.75, 3.05) is 13.2 Å². The molecule has 0 bridgehead atoms. The molecule has 1 aliphatic heterocycles. The Bertz CT molecular complexity index is 237. The fraction of sp³-hybridized carbons (Fsp3) is 1.00. The maximum absolute atomic E-state index is 10.1. The standard InChI is InChI=1S/C12H25NO4/c1-11(2)5-10(17-8-9(15)7-14)6-12(3,4)13(11)16/h9-10,14-16H,5-8H2,1-4H3. The van der Waals surface area contributed by atoms with Gasteiger partial charge in [0, 0.05) is 11.1 Å². The Morgan fingerprint density at radius 2 is 1.71 bits per heavy atom. The van der Waals surface area contributed by atoms with Crippen molar-refractivity contribution in [2.24, 2.45) is 0 Å². The first-order valence-electron chi connectivity index (χ1n) is 6.09. The van der Waals surface area contributed by atoms with E-state index in [2.05, 4.69) is 0 Å². The highest BCUT2D eigenvalue weighted by Gasteiger charge is 2.45. The largest absolute Gasteiger partial charge is 0.394 e. The highest BCUT2D eigenvalue weighted by Crippen LogP contribution is 2.37. The maximum atomic E-state index is 10.1. The molecule has 102 valence electrons. The van der Waals surface area contributed by atoms with Crippen LogP contribution in [0.5, 0.6) is 0 Å². The van der Waals surface area contributed by atoms with Crippen molar-refractivity contribution in [3.63, 3.8) is 0 Å². The molecule has 17 heavy (non-hydrogen) atoms. The lowest BCUT2D eigenvalue weighted by Gasteiger charge is -2.51. The Hall–Kier alpha value is -0.200. The first kappa shape index (κ1) is 14.9. The zero-order valence-corrected chi connectivity index (χ0v) is 11.2. The number of hydroxylamine groups is 2. The van der Waals surface area contributed by atoms with Gasteiger partial charge in [0.2, 0.25) is 0 Å². The van der Waals surface area contributed by atoms with E-state index < -0.39 is 6.10 Å². The quantitative estimate of drug-likeness (QED) is 0.684. The molecule has 1 aliphatic rings. The number of aliphatic hydroxyl groups excluding tert-OH is 2. The van der Waals surface area contributed by atoms with E-state index in [-0.39, 0.29) is 30.4 Å². The van der Waals surface area contributed by atoms with Crippen molar-refractivity contribution in [2.45, 2.75) is 63.8 Å². The molecule has 1 heterocycles. The third-order valence-electron chi connectivity index (χ3n) is 3.34. The van der Waals surface area contributed by atoms with Crippen LogP contribution in [0.1, 0.15) is 40.5 Å². The fourth-order valence-electron chi connectivity index (χ4n) is 2.60. The predicted octanol–water partition coefficient (Wildman–Crippen LogP) is 0.767. The van der Waals surface area contributed by atoms with E-state index in [1.165, 1.54) is 5.06 Å². The first-order chi connectivity index (χ1) is 7.69. The Balaban J connectivity index is 2.59. The minimum Gasteiger partial charge on any atom is -0.394 e. The van der Waals surface area contributed by atoms with Gasteiger partial charge in [-0.1, -0.05) is 0 Å². The molecule has 0 radical (unpaired) electrons. The van der Waals surface area contributed by atoms with Crippen LogP contribution in [-0.2, 0) is 4.74 Å². The van der Waals surface area contributed by atoms with Crippen LogP contribution in [-0.4, -0.2) is 57.0 Å². The van der Waals surface area contributed by atoms with Crippen molar-refractivity contribution in [1.29, 1.82) is 0 Å². The lowest BCUT2D eigenvalue weighted by Crippen LogP contribution is -2.60. The summed E-state index contributed by atoms with van der Waals surface area (Å²) in [5.41, 5.74) is -0.701. The van der Waals surface area contributed by atoms with E-state index in [1.54, 1.807) is 0 Å². The Morgan fingerprint density at radius 1 is 1.24 bits per heavy atom. The summed E-state index contributed by atoms with van der Waals surface area (Å²) in [6.45, 7) is 7.71. The van der Waals surface area contributed by atoms with Gasteiger partial charge in [0.05, 0.1) is 19.3 Å². The van der Waals surface area contributed by atoms with Crippen molar-refractivity contribution in [3.8, 4) is 0 Å². The van der Waals surface area contributed by atoms with Crippen LogP contribution in [0.2, 0.25) is 0 Å². The molecule has 1 saturated heterocycles. The van der Waals surface area contributed by atoms with Gasteiger partial charge in [0.25, 0.3) is 0 Å². The lowest BCUT2D eigenvalue weighted by atomic mass is 9.80. The SMILES string of the molecule is CC1(C)CC(OCC(O)CO)CC(C)(C)N1O. The van der Waals surface area contributed by atoms with Gasteiger partial charge in [-0.2, -0.15) is 5.06 Å². The molecule has 0 aliphatic carbocycles. The molecule has 0 aromatic rings.